The first-order valence-electron chi connectivity index (χ1n) is 5.11. The van der Waals surface area contributed by atoms with Crippen LogP contribution in [0.15, 0.2) is 54.7 Å². The second-order valence-corrected chi connectivity index (χ2v) is 3.64. The van der Waals surface area contributed by atoms with Crippen molar-refractivity contribution in [2.24, 2.45) is 0 Å². The van der Waals surface area contributed by atoms with Crippen LogP contribution < -0.4 is 0 Å². The molecule has 17 heavy (non-hydrogen) atoms. The number of halogens is 3. The molecule has 0 fully saturated rings. The fourth-order valence-electron chi connectivity index (χ4n) is 1.72. The summed E-state index contributed by atoms with van der Waals surface area (Å²) in [5, 5.41) is 0. The minimum Gasteiger partial charge on any atom is -0.260 e. The Bertz CT molecular complexity index is 426. The molecule has 1 unspecified atom stereocenters. The molecule has 1 heterocycles. The Balaban J connectivity index is 2.48. The van der Waals surface area contributed by atoms with Crippen molar-refractivity contribution in [3.63, 3.8) is 0 Å². The summed E-state index contributed by atoms with van der Waals surface area (Å²) in [5.41, 5.74) is 0.227. The molecule has 0 aliphatic rings. The predicted molar refractivity (Wildman–Crippen MR) is 58.6 cm³/mol. The molecule has 0 amide bonds. The van der Waals surface area contributed by atoms with Gasteiger partial charge in [-0.3, -0.25) is 4.98 Å². The Morgan fingerprint density at radius 1 is 0.882 bits per heavy atom. The van der Waals surface area contributed by atoms with E-state index in [1.54, 1.807) is 30.3 Å². The SMILES string of the molecule is FC(F)(F)C(c1ccccc1)c1ccccn1. The third-order valence-electron chi connectivity index (χ3n) is 2.44. The van der Waals surface area contributed by atoms with Gasteiger partial charge in [0.25, 0.3) is 0 Å². The molecule has 2 rings (SSSR count). The van der Waals surface area contributed by atoms with Crippen LogP contribution in [0, 0.1) is 0 Å². The number of alkyl halides is 3. The zero-order chi connectivity index (χ0) is 12.3. The third kappa shape index (κ3) is 2.64. The summed E-state index contributed by atoms with van der Waals surface area (Å²) in [4.78, 5) is 3.80. The van der Waals surface area contributed by atoms with Crippen LogP contribution in [0.4, 0.5) is 13.2 Å². The summed E-state index contributed by atoms with van der Waals surface area (Å²) in [5.74, 6) is -1.66. The van der Waals surface area contributed by atoms with Crippen molar-refractivity contribution >= 4 is 0 Å². The number of pyridine rings is 1. The number of benzene rings is 1. The van der Waals surface area contributed by atoms with Gasteiger partial charge < -0.3 is 0 Å². The standard InChI is InChI=1S/C13H10F3N/c14-13(15,16)12(10-6-2-1-3-7-10)11-8-4-5-9-17-11/h1-9,12H. The molecule has 88 valence electrons. The topological polar surface area (TPSA) is 12.9 Å². The number of hydrogen-bond donors (Lipinski definition) is 0. The van der Waals surface area contributed by atoms with Gasteiger partial charge in [-0.15, -0.1) is 0 Å². The first kappa shape index (κ1) is 11.6. The molecule has 0 N–H and O–H groups in total. The zero-order valence-electron chi connectivity index (χ0n) is 8.85. The molecule has 0 spiro atoms. The average molecular weight is 237 g/mol. The van der Waals surface area contributed by atoms with Crippen LogP contribution in [0.1, 0.15) is 17.2 Å². The van der Waals surface area contributed by atoms with E-state index in [4.69, 9.17) is 0 Å². The molecule has 4 heteroatoms. The number of aromatic nitrogens is 1. The van der Waals surface area contributed by atoms with Crippen LogP contribution in [-0.4, -0.2) is 11.2 Å². The first-order valence-corrected chi connectivity index (χ1v) is 5.11. The van der Waals surface area contributed by atoms with Gasteiger partial charge in [-0.25, -0.2) is 0 Å². The second-order valence-electron chi connectivity index (χ2n) is 3.64. The Labute approximate surface area is 96.9 Å². The summed E-state index contributed by atoms with van der Waals surface area (Å²) in [6.45, 7) is 0. The van der Waals surface area contributed by atoms with Gasteiger partial charge in [0.15, 0.2) is 0 Å². The Morgan fingerprint density at radius 2 is 1.53 bits per heavy atom. The molecule has 0 saturated carbocycles. The lowest BCUT2D eigenvalue weighted by molar-refractivity contribution is -0.141. The van der Waals surface area contributed by atoms with E-state index in [0.29, 0.717) is 0 Å². The monoisotopic (exact) mass is 237 g/mol. The number of nitrogens with zero attached hydrogens (tertiary/aromatic N) is 1. The lowest BCUT2D eigenvalue weighted by Gasteiger charge is -2.20. The average Bonchev–Trinajstić information content (AvgIpc) is 2.30. The van der Waals surface area contributed by atoms with Crippen molar-refractivity contribution in [3.05, 3.63) is 66.0 Å². The molecule has 0 radical (unpaired) electrons. The molecule has 1 aromatic heterocycles. The summed E-state index contributed by atoms with van der Waals surface area (Å²) in [6.07, 6.45) is -2.97. The van der Waals surface area contributed by atoms with E-state index < -0.39 is 12.1 Å². The largest absolute Gasteiger partial charge is 0.401 e. The highest BCUT2D eigenvalue weighted by molar-refractivity contribution is 5.30. The highest BCUT2D eigenvalue weighted by atomic mass is 19.4. The van der Waals surface area contributed by atoms with Crippen LogP contribution in [0.2, 0.25) is 0 Å². The molecule has 2 aromatic rings. The second kappa shape index (κ2) is 4.57. The minimum absolute atomic E-state index is 0.0196. The summed E-state index contributed by atoms with van der Waals surface area (Å²) in [6, 6.07) is 12.4. The fourth-order valence-corrected chi connectivity index (χ4v) is 1.72. The molecule has 1 atom stereocenters. The van der Waals surface area contributed by atoms with E-state index in [1.807, 2.05) is 0 Å². The molecule has 1 aromatic carbocycles. The lowest BCUT2D eigenvalue weighted by atomic mass is 9.95. The van der Waals surface area contributed by atoms with Crippen molar-refractivity contribution < 1.29 is 13.2 Å². The van der Waals surface area contributed by atoms with Gasteiger partial charge in [0, 0.05) is 6.20 Å². The number of rotatable bonds is 2. The molecule has 0 saturated heterocycles. The molecule has 0 bridgehead atoms. The van der Waals surface area contributed by atoms with E-state index in [0.717, 1.165) is 0 Å². The maximum absolute atomic E-state index is 13.1. The van der Waals surface area contributed by atoms with E-state index in [1.165, 1.54) is 24.4 Å². The fraction of sp³-hybridized carbons (Fsp3) is 0.154. The molecular weight excluding hydrogens is 227 g/mol. The van der Waals surface area contributed by atoms with Crippen molar-refractivity contribution in [3.8, 4) is 0 Å². The molecule has 0 aliphatic heterocycles. The lowest BCUT2D eigenvalue weighted by Crippen LogP contribution is -2.22. The Kier molecular flexibility index (Phi) is 3.13. The third-order valence-corrected chi connectivity index (χ3v) is 2.44. The quantitative estimate of drug-likeness (QED) is 0.774. The van der Waals surface area contributed by atoms with Crippen molar-refractivity contribution in [1.82, 2.24) is 4.98 Å². The maximum atomic E-state index is 13.1. The van der Waals surface area contributed by atoms with Gasteiger partial charge in [0.1, 0.15) is 5.92 Å². The van der Waals surface area contributed by atoms with Crippen molar-refractivity contribution in [2.45, 2.75) is 12.1 Å². The highest BCUT2D eigenvalue weighted by Gasteiger charge is 2.42. The van der Waals surface area contributed by atoms with Gasteiger partial charge in [-0.05, 0) is 17.7 Å². The van der Waals surface area contributed by atoms with Crippen LogP contribution in [0.25, 0.3) is 0 Å². The van der Waals surface area contributed by atoms with Gasteiger partial charge in [-0.1, -0.05) is 36.4 Å². The minimum atomic E-state index is -4.34. The maximum Gasteiger partial charge on any atom is 0.401 e. The normalized spacial score (nSPS) is 13.4. The summed E-state index contributed by atoms with van der Waals surface area (Å²) in [7, 11) is 0. The van der Waals surface area contributed by atoms with E-state index in [2.05, 4.69) is 4.98 Å². The van der Waals surface area contributed by atoms with Crippen molar-refractivity contribution in [1.29, 1.82) is 0 Å². The van der Waals surface area contributed by atoms with Crippen LogP contribution in [-0.2, 0) is 0 Å². The van der Waals surface area contributed by atoms with Gasteiger partial charge in [0.2, 0.25) is 0 Å². The zero-order valence-corrected chi connectivity index (χ0v) is 8.85. The molecular formula is C13H10F3N. The Morgan fingerprint density at radius 3 is 2.06 bits per heavy atom. The smallest absolute Gasteiger partial charge is 0.260 e. The van der Waals surface area contributed by atoms with Crippen LogP contribution in [0.3, 0.4) is 0 Å². The molecule has 1 nitrogen and oxygen atoms in total. The predicted octanol–water partition coefficient (Wildman–Crippen LogP) is 3.78. The van der Waals surface area contributed by atoms with E-state index in [9.17, 15) is 13.2 Å². The summed E-state index contributed by atoms with van der Waals surface area (Å²) < 4.78 is 39.2. The molecule has 0 aliphatic carbocycles. The summed E-state index contributed by atoms with van der Waals surface area (Å²) >= 11 is 0. The van der Waals surface area contributed by atoms with Gasteiger partial charge in [-0.2, -0.15) is 13.2 Å². The Hall–Kier alpha value is -1.84. The van der Waals surface area contributed by atoms with Gasteiger partial charge in [0.05, 0.1) is 5.69 Å². The highest BCUT2D eigenvalue weighted by Crippen LogP contribution is 2.38. The van der Waals surface area contributed by atoms with Crippen LogP contribution >= 0.6 is 0 Å². The van der Waals surface area contributed by atoms with E-state index >= 15 is 0 Å². The number of hydrogen-bond acceptors (Lipinski definition) is 1. The van der Waals surface area contributed by atoms with E-state index in [-0.39, 0.29) is 11.3 Å². The van der Waals surface area contributed by atoms with Crippen LogP contribution in [0.5, 0.6) is 0 Å². The first-order chi connectivity index (χ1) is 8.09. The van der Waals surface area contributed by atoms with Gasteiger partial charge >= 0.3 is 6.18 Å². The van der Waals surface area contributed by atoms with Crippen molar-refractivity contribution in [2.75, 3.05) is 0 Å².